The van der Waals surface area contributed by atoms with E-state index in [9.17, 15) is 24.2 Å². The highest BCUT2D eigenvalue weighted by Crippen LogP contribution is 2.41. The van der Waals surface area contributed by atoms with E-state index in [2.05, 4.69) is 4.98 Å². The summed E-state index contributed by atoms with van der Waals surface area (Å²) in [5.74, 6) is 1.73. The minimum Gasteiger partial charge on any atom is -0.391 e. The Morgan fingerprint density at radius 1 is 1.70 bits per heavy atom. The number of nitrogens with zero attached hydrogens (tertiary/aromatic N) is 2. The van der Waals surface area contributed by atoms with E-state index < -0.39 is 41.6 Å². The van der Waals surface area contributed by atoms with Crippen molar-refractivity contribution >= 4 is 0 Å². The van der Waals surface area contributed by atoms with E-state index in [-0.39, 0.29) is 0 Å². The summed E-state index contributed by atoms with van der Waals surface area (Å²) in [6, 6.07) is 0. The summed E-state index contributed by atoms with van der Waals surface area (Å²) in [6.45, 7) is 1.28. The number of hydrogen-bond donors (Lipinski definition) is 3. The molecule has 1 fully saturated rings. The fourth-order valence-electron chi connectivity index (χ4n) is 2.03. The molecule has 1 aliphatic heterocycles. The van der Waals surface area contributed by atoms with Crippen LogP contribution in [0.25, 0.3) is 0 Å². The average Bonchev–Trinajstić information content (AvgIpc) is 2.64. The van der Waals surface area contributed by atoms with Gasteiger partial charge >= 0.3 is 11.4 Å². The molecule has 0 aliphatic carbocycles. The van der Waals surface area contributed by atoms with Crippen LogP contribution in [0.15, 0.2) is 15.9 Å². The largest absolute Gasteiger partial charge is 0.391 e. The van der Waals surface area contributed by atoms with Crippen LogP contribution in [0.2, 0.25) is 0 Å². The number of terminal acetylenes is 1. The summed E-state index contributed by atoms with van der Waals surface area (Å²) < 4.78 is 20.4. The number of alkyl halides is 1. The van der Waals surface area contributed by atoms with E-state index in [0.717, 1.165) is 6.33 Å². The zero-order chi connectivity index (χ0) is 15.1. The van der Waals surface area contributed by atoms with Gasteiger partial charge in [-0.15, -0.1) is 6.42 Å². The number of aromatic amines is 1. The minimum atomic E-state index is -2.74. The molecular weight excluding hydrogens is 273 g/mol. The lowest BCUT2D eigenvalue weighted by molar-refractivity contribution is -0.0807. The van der Waals surface area contributed by atoms with Gasteiger partial charge in [-0.3, -0.25) is 9.55 Å². The molecule has 0 saturated carbocycles. The van der Waals surface area contributed by atoms with E-state index >= 15 is 0 Å². The van der Waals surface area contributed by atoms with E-state index in [1.807, 2.05) is 4.98 Å². The molecule has 0 spiro atoms. The van der Waals surface area contributed by atoms with Gasteiger partial charge in [0.15, 0.2) is 6.23 Å². The van der Waals surface area contributed by atoms with Crippen molar-refractivity contribution in [3.63, 3.8) is 0 Å². The van der Waals surface area contributed by atoms with Crippen LogP contribution in [0.1, 0.15) is 13.2 Å². The summed E-state index contributed by atoms with van der Waals surface area (Å²) in [5.41, 5.74) is -4.65. The molecule has 0 amide bonds. The summed E-state index contributed by atoms with van der Waals surface area (Å²) in [5, 5.41) is 19.3. The van der Waals surface area contributed by atoms with Gasteiger partial charge < -0.3 is 14.9 Å². The summed E-state index contributed by atoms with van der Waals surface area (Å²) >= 11 is 0. The summed E-state index contributed by atoms with van der Waals surface area (Å²) in [4.78, 5) is 27.6. The van der Waals surface area contributed by atoms with Gasteiger partial charge in [0.2, 0.25) is 5.67 Å². The molecule has 9 heteroatoms. The van der Waals surface area contributed by atoms with Crippen molar-refractivity contribution in [2.45, 2.75) is 37.1 Å². The SMILES string of the molecule is C#CC1(F)C(O)[C@@H]([C@@H](C)O)O[C@H]1n1cnc(=O)[nH]c1=O. The quantitative estimate of drug-likeness (QED) is 0.536. The third-order valence-corrected chi connectivity index (χ3v) is 3.08. The number of H-pyrrole nitrogens is 1. The number of aliphatic hydroxyl groups is 2. The van der Waals surface area contributed by atoms with Gasteiger partial charge in [-0.05, 0) is 6.92 Å². The number of aromatic nitrogens is 3. The lowest BCUT2D eigenvalue weighted by Crippen LogP contribution is -2.46. The monoisotopic (exact) mass is 285 g/mol. The van der Waals surface area contributed by atoms with Gasteiger partial charge in [0.05, 0.1) is 6.10 Å². The van der Waals surface area contributed by atoms with Crippen LogP contribution < -0.4 is 11.4 Å². The van der Waals surface area contributed by atoms with Gasteiger partial charge in [0, 0.05) is 0 Å². The van der Waals surface area contributed by atoms with E-state index in [1.54, 1.807) is 5.92 Å². The van der Waals surface area contributed by atoms with Crippen molar-refractivity contribution in [2.75, 3.05) is 0 Å². The van der Waals surface area contributed by atoms with Crippen LogP contribution in [0.3, 0.4) is 0 Å². The average molecular weight is 285 g/mol. The maximum Gasteiger partial charge on any atom is 0.350 e. The van der Waals surface area contributed by atoms with Gasteiger partial charge in [0.25, 0.3) is 0 Å². The maximum absolute atomic E-state index is 14.7. The molecule has 108 valence electrons. The fraction of sp³-hybridized carbons (Fsp3) is 0.545. The van der Waals surface area contributed by atoms with Crippen molar-refractivity contribution in [1.82, 2.24) is 14.5 Å². The number of aliphatic hydroxyl groups excluding tert-OH is 2. The van der Waals surface area contributed by atoms with Gasteiger partial charge in [-0.2, -0.15) is 4.98 Å². The molecular formula is C11H12FN3O5. The highest BCUT2D eigenvalue weighted by molar-refractivity contribution is 5.20. The Morgan fingerprint density at radius 3 is 2.85 bits per heavy atom. The molecule has 2 rings (SSSR count). The molecule has 2 unspecified atom stereocenters. The Labute approximate surface area is 111 Å². The maximum atomic E-state index is 14.7. The van der Waals surface area contributed by atoms with Crippen molar-refractivity contribution in [1.29, 1.82) is 0 Å². The third-order valence-electron chi connectivity index (χ3n) is 3.08. The smallest absolute Gasteiger partial charge is 0.350 e. The van der Waals surface area contributed by atoms with Crippen molar-refractivity contribution in [2.24, 2.45) is 0 Å². The Kier molecular flexibility index (Phi) is 3.47. The summed E-state index contributed by atoms with van der Waals surface area (Å²) in [7, 11) is 0. The Bertz CT molecular complexity index is 663. The molecule has 3 N–H and O–H groups in total. The highest BCUT2D eigenvalue weighted by atomic mass is 19.1. The van der Waals surface area contributed by atoms with E-state index in [0.29, 0.717) is 4.57 Å². The first-order valence-corrected chi connectivity index (χ1v) is 5.67. The van der Waals surface area contributed by atoms with E-state index in [1.165, 1.54) is 6.92 Å². The lowest BCUT2D eigenvalue weighted by Gasteiger charge is -2.23. The van der Waals surface area contributed by atoms with Crippen LogP contribution in [-0.2, 0) is 4.74 Å². The Hall–Kier alpha value is -2.02. The lowest BCUT2D eigenvalue weighted by atomic mass is 9.95. The number of hydrogen-bond acceptors (Lipinski definition) is 6. The van der Waals surface area contributed by atoms with E-state index in [4.69, 9.17) is 11.2 Å². The predicted molar refractivity (Wildman–Crippen MR) is 63.4 cm³/mol. The molecule has 20 heavy (non-hydrogen) atoms. The van der Waals surface area contributed by atoms with Gasteiger partial charge in [-0.1, -0.05) is 5.92 Å². The molecule has 1 saturated heterocycles. The molecule has 0 radical (unpaired) electrons. The second-order valence-electron chi connectivity index (χ2n) is 4.44. The van der Waals surface area contributed by atoms with Crippen LogP contribution in [-0.4, -0.2) is 48.7 Å². The predicted octanol–water partition coefficient (Wildman–Crippen LogP) is -2.09. The van der Waals surface area contributed by atoms with Crippen LogP contribution in [0.4, 0.5) is 4.39 Å². The minimum absolute atomic E-state index is 0.618. The first-order chi connectivity index (χ1) is 9.31. The number of nitrogens with one attached hydrogen (secondary N) is 1. The number of halogens is 1. The number of ether oxygens (including phenoxy) is 1. The fourth-order valence-corrected chi connectivity index (χ4v) is 2.03. The topological polar surface area (TPSA) is 117 Å². The second kappa shape index (κ2) is 4.82. The molecule has 0 aromatic carbocycles. The zero-order valence-corrected chi connectivity index (χ0v) is 10.4. The molecule has 1 aromatic heterocycles. The molecule has 0 bridgehead atoms. The zero-order valence-electron chi connectivity index (χ0n) is 10.4. The standard InChI is InChI=1S/C11H12FN3O5/c1-3-11(12)7(17)6(5(2)16)20-8(11)15-4-13-9(18)14-10(15)19/h1,4-8,16-17H,2H3,(H,14,18,19)/t5-,6-,7?,8-,11?/m1/s1. The van der Waals surface area contributed by atoms with Gasteiger partial charge in [0.1, 0.15) is 18.5 Å². The second-order valence-corrected chi connectivity index (χ2v) is 4.44. The van der Waals surface area contributed by atoms with Crippen LogP contribution in [0, 0.1) is 12.3 Å². The molecule has 1 aromatic rings. The molecule has 1 aliphatic rings. The highest BCUT2D eigenvalue weighted by Gasteiger charge is 2.59. The first-order valence-electron chi connectivity index (χ1n) is 5.67. The van der Waals surface area contributed by atoms with Gasteiger partial charge in [-0.25, -0.2) is 14.0 Å². The summed E-state index contributed by atoms with van der Waals surface area (Å²) in [6.07, 6.45) is -0.250. The van der Waals surface area contributed by atoms with Crippen LogP contribution in [0.5, 0.6) is 0 Å². The Morgan fingerprint density at radius 2 is 2.35 bits per heavy atom. The Balaban J connectivity index is 2.53. The molecule has 5 atom stereocenters. The van der Waals surface area contributed by atoms with Crippen molar-refractivity contribution < 1.29 is 19.3 Å². The van der Waals surface area contributed by atoms with Crippen LogP contribution >= 0.6 is 0 Å². The molecule has 8 nitrogen and oxygen atoms in total. The first kappa shape index (κ1) is 14.4. The third kappa shape index (κ3) is 2.03. The number of rotatable bonds is 2. The normalized spacial score (nSPS) is 34.6. The van der Waals surface area contributed by atoms with Crippen molar-refractivity contribution in [3.05, 3.63) is 27.3 Å². The molecule has 2 heterocycles. The van der Waals surface area contributed by atoms with Crippen molar-refractivity contribution in [3.8, 4) is 12.3 Å².